The third-order valence-corrected chi connectivity index (χ3v) is 0.867. The van der Waals surface area contributed by atoms with E-state index in [0.29, 0.717) is 0 Å². The van der Waals surface area contributed by atoms with Crippen LogP contribution in [-0.2, 0) is 0 Å². The van der Waals surface area contributed by atoms with Gasteiger partial charge in [-0.25, -0.2) is 5.53 Å². The van der Waals surface area contributed by atoms with E-state index in [2.05, 4.69) is 5.11 Å². The van der Waals surface area contributed by atoms with Crippen LogP contribution in [0, 0.1) is 5.53 Å². The van der Waals surface area contributed by atoms with Crippen molar-refractivity contribution in [3.05, 3.63) is 23.9 Å². The maximum atomic E-state index is 6.38. The molecule has 1 N–H and O–H groups in total. The molecule has 0 fully saturated rings. The summed E-state index contributed by atoms with van der Waals surface area (Å²) < 4.78 is 0. The monoisotopic (exact) mass is 110 g/mol. The smallest absolute Gasteiger partial charge is 0.0491 e. The molecule has 2 nitrogen and oxygen atoms in total. The van der Waals surface area contributed by atoms with Gasteiger partial charge in [-0.2, -0.15) is 5.11 Å². The van der Waals surface area contributed by atoms with E-state index >= 15 is 0 Å². The van der Waals surface area contributed by atoms with Crippen molar-refractivity contribution in [2.45, 2.75) is 13.8 Å². The van der Waals surface area contributed by atoms with Gasteiger partial charge < -0.3 is 0 Å². The molecule has 0 radical (unpaired) electrons. The van der Waals surface area contributed by atoms with E-state index in [1.807, 2.05) is 19.9 Å². The Labute approximate surface area is 49.4 Å². The van der Waals surface area contributed by atoms with Crippen LogP contribution < -0.4 is 0 Å². The van der Waals surface area contributed by atoms with Gasteiger partial charge in [0.2, 0.25) is 0 Å². The highest BCUT2D eigenvalue weighted by molar-refractivity contribution is 5.13. The molecule has 0 aromatic rings. The Morgan fingerprint density at radius 3 is 2.62 bits per heavy atom. The first-order valence-electron chi connectivity index (χ1n) is 2.47. The van der Waals surface area contributed by atoms with Crippen LogP contribution in [0.5, 0.6) is 0 Å². The van der Waals surface area contributed by atoms with Crippen LogP contribution in [-0.4, -0.2) is 0 Å². The Morgan fingerprint density at radius 2 is 2.25 bits per heavy atom. The molecule has 0 aliphatic carbocycles. The van der Waals surface area contributed by atoms with Crippen molar-refractivity contribution in [2.24, 2.45) is 5.11 Å². The summed E-state index contributed by atoms with van der Waals surface area (Å²) in [6, 6.07) is 0. The minimum atomic E-state index is 1.13. The van der Waals surface area contributed by atoms with Crippen LogP contribution in [0.4, 0.5) is 0 Å². The molecule has 0 unspecified atom stereocenters. The second kappa shape index (κ2) is 4.24. The number of hydrogen-bond acceptors (Lipinski definition) is 2. The van der Waals surface area contributed by atoms with Gasteiger partial charge >= 0.3 is 0 Å². The average Bonchev–Trinajstić information content (AvgIpc) is 1.83. The van der Waals surface area contributed by atoms with E-state index in [9.17, 15) is 0 Å². The Morgan fingerprint density at radius 1 is 1.62 bits per heavy atom. The maximum Gasteiger partial charge on any atom is 0.0491 e. The van der Waals surface area contributed by atoms with Crippen molar-refractivity contribution in [2.75, 3.05) is 0 Å². The van der Waals surface area contributed by atoms with Crippen LogP contribution in [0.2, 0.25) is 0 Å². The summed E-state index contributed by atoms with van der Waals surface area (Å²) in [6.07, 6.45) is 5.20. The van der Waals surface area contributed by atoms with E-state index < -0.39 is 0 Å². The SMILES string of the molecule is C/C=C(C)\C=C/N=N. The van der Waals surface area contributed by atoms with Crippen molar-refractivity contribution < 1.29 is 0 Å². The minimum absolute atomic E-state index is 1.13. The number of rotatable bonds is 2. The average molecular weight is 110 g/mol. The normalized spacial score (nSPS) is 12.5. The minimum Gasteiger partial charge on any atom is -0.205 e. The molecule has 0 saturated heterocycles. The molecule has 0 bridgehead atoms. The Balaban J connectivity index is 3.69. The van der Waals surface area contributed by atoms with Crippen LogP contribution >= 0.6 is 0 Å². The summed E-state index contributed by atoms with van der Waals surface area (Å²) in [5.41, 5.74) is 7.51. The molecule has 0 heterocycles. The third-order valence-electron chi connectivity index (χ3n) is 0.867. The summed E-state index contributed by atoms with van der Waals surface area (Å²) in [6.45, 7) is 3.91. The van der Waals surface area contributed by atoms with Crippen LogP contribution in [0.15, 0.2) is 29.0 Å². The maximum absolute atomic E-state index is 6.38. The van der Waals surface area contributed by atoms with E-state index in [1.165, 1.54) is 6.20 Å². The molecular weight excluding hydrogens is 100 g/mol. The van der Waals surface area contributed by atoms with Crippen molar-refractivity contribution >= 4 is 0 Å². The highest BCUT2D eigenvalue weighted by atomic mass is 14.9. The van der Waals surface area contributed by atoms with Gasteiger partial charge in [0.1, 0.15) is 0 Å². The van der Waals surface area contributed by atoms with Gasteiger partial charge in [0.05, 0.1) is 0 Å². The highest BCUT2D eigenvalue weighted by Gasteiger charge is 1.71. The van der Waals surface area contributed by atoms with Crippen LogP contribution in [0.3, 0.4) is 0 Å². The second-order valence-electron chi connectivity index (χ2n) is 1.48. The largest absolute Gasteiger partial charge is 0.205 e. The fraction of sp³-hybridized carbons (Fsp3) is 0.333. The molecule has 0 atom stereocenters. The fourth-order valence-electron chi connectivity index (χ4n) is 0.251. The summed E-state index contributed by atoms with van der Waals surface area (Å²) >= 11 is 0. The Hall–Kier alpha value is -0.920. The van der Waals surface area contributed by atoms with Gasteiger partial charge in [-0.05, 0) is 19.9 Å². The number of nitrogens with one attached hydrogen (secondary N) is 1. The predicted octanol–water partition coefficient (Wildman–Crippen LogP) is 2.50. The summed E-state index contributed by atoms with van der Waals surface area (Å²) in [7, 11) is 0. The van der Waals surface area contributed by atoms with Gasteiger partial charge in [0.15, 0.2) is 0 Å². The summed E-state index contributed by atoms with van der Waals surface area (Å²) in [5, 5.41) is 3.05. The second-order valence-corrected chi connectivity index (χ2v) is 1.48. The zero-order chi connectivity index (χ0) is 6.41. The molecule has 2 heteroatoms. The molecule has 8 heavy (non-hydrogen) atoms. The topological polar surface area (TPSA) is 36.2 Å². The number of hydrogen-bond donors (Lipinski definition) is 1. The van der Waals surface area contributed by atoms with Crippen molar-refractivity contribution in [3.63, 3.8) is 0 Å². The molecule has 0 spiro atoms. The molecule has 0 amide bonds. The fourth-order valence-corrected chi connectivity index (χ4v) is 0.251. The summed E-state index contributed by atoms with van der Waals surface area (Å²) in [5.74, 6) is 0. The Bertz CT molecular complexity index is 122. The van der Waals surface area contributed by atoms with E-state index in [0.717, 1.165) is 5.57 Å². The lowest BCUT2D eigenvalue weighted by Gasteiger charge is -1.81. The van der Waals surface area contributed by atoms with Crippen molar-refractivity contribution in [3.8, 4) is 0 Å². The van der Waals surface area contributed by atoms with Gasteiger partial charge in [-0.3, -0.25) is 0 Å². The lowest BCUT2D eigenvalue weighted by Crippen LogP contribution is -1.60. The van der Waals surface area contributed by atoms with Crippen molar-refractivity contribution in [1.82, 2.24) is 0 Å². The molecule has 44 valence electrons. The number of allylic oxidation sites excluding steroid dienone is 3. The van der Waals surface area contributed by atoms with E-state index in [-0.39, 0.29) is 0 Å². The molecule has 0 saturated carbocycles. The van der Waals surface area contributed by atoms with Gasteiger partial charge in [-0.1, -0.05) is 11.6 Å². The van der Waals surface area contributed by atoms with Crippen LogP contribution in [0.25, 0.3) is 0 Å². The predicted molar refractivity (Wildman–Crippen MR) is 33.7 cm³/mol. The van der Waals surface area contributed by atoms with Gasteiger partial charge in [0, 0.05) is 6.20 Å². The molecule has 0 rings (SSSR count). The first-order valence-corrected chi connectivity index (χ1v) is 2.47. The zero-order valence-electron chi connectivity index (χ0n) is 5.18. The quantitative estimate of drug-likeness (QED) is 0.419. The molecule has 0 aliphatic heterocycles. The first kappa shape index (κ1) is 7.08. The zero-order valence-corrected chi connectivity index (χ0v) is 5.18. The van der Waals surface area contributed by atoms with Crippen LogP contribution in [0.1, 0.15) is 13.8 Å². The number of nitrogens with zero attached hydrogens (tertiary/aromatic N) is 1. The van der Waals surface area contributed by atoms with Gasteiger partial charge in [-0.15, -0.1) is 0 Å². The third kappa shape index (κ3) is 3.28. The Kier molecular flexibility index (Phi) is 3.76. The van der Waals surface area contributed by atoms with Crippen molar-refractivity contribution in [1.29, 1.82) is 5.53 Å². The highest BCUT2D eigenvalue weighted by Crippen LogP contribution is 1.92. The van der Waals surface area contributed by atoms with E-state index in [4.69, 9.17) is 5.53 Å². The first-order chi connectivity index (χ1) is 3.81. The van der Waals surface area contributed by atoms with Gasteiger partial charge in [0.25, 0.3) is 0 Å². The molecule has 0 aliphatic rings. The summed E-state index contributed by atoms with van der Waals surface area (Å²) in [4.78, 5) is 0. The molecule has 0 aromatic heterocycles. The molecule has 0 aromatic carbocycles. The standard InChI is InChI=1S/C6H10N2/c1-3-6(2)4-5-8-7/h3-5,7H,1-2H3/b5-4-,6-3-,8-7?. The van der Waals surface area contributed by atoms with E-state index in [1.54, 1.807) is 6.08 Å². The lowest BCUT2D eigenvalue weighted by atomic mass is 10.3. The lowest BCUT2D eigenvalue weighted by molar-refractivity contribution is 1.14. The molecular formula is C6H10N2.